The first-order chi connectivity index (χ1) is 15.2. The van der Waals surface area contributed by atoms with E-state index in [0.29, 0.717) is 36.3 Å². The molecule has 0 unspecified atom stereocenters. The lowest BCUT2D eigenvalue weighted by Crippen LogP contribution is -2.43. The van der Waals surface area contributed by atoms with E-state index in [-0.39, 0.29) is 28.8 Å². The number of anilines is 2. The predicted molar refractivity (Wildman–Crippen MR) is 118 cm³/mol. The number of nitrogens with zero attached hydrogens (tertiary/aromatic N) is 1. The summed E-state index contributed by atoms with van der Waals surface area (Å²) in [5.74, 6) is -1.64. The molecule has 1 aliphatic heterocycles. The first-order valence-corrected chi connectivity index (χ1v) is 11.5. The minimum Gasteiger partial charge on any atom is -0.408 e. The molecule has 2 aromatic carbocycles. The summed E-state index contributed by atoms with van der Waals surface area (Å²) in [6.45, 7) is 1.75. The van der Waals surface area contributed by atoms with Gasteiger partial charge >= 0.3 is 5.76 Å². The van der Waals surface area contributed by atoms with Crippen LogP contribution in [0.4, 0.5) is 11.4 Å². The molecule has 1 saturated heterocycles. The van der Waals surface area contributed by atoms with E-state index in [1.165, 1.54) is 29.4 Å². The highest BCUT2D eigenvalue weighted by Gasteiger charge is 2.33. The zero-order chi connectivity index (χ0) is 22.9. The molecular weight excluding hydrogens is 436 g/mol. The normalized spacial score (nSPS) is 17.2. The van der Waals surface area contributed by atoms with Gasteiger partial charge in [0.2, 0.25) is 21.8 Å². The standard InChI is InChI=1S/C21H22N4O6S/c1-13(26)22-15-4-6-16(7-5-15)23-20(27)14-3-2-10-25(12-14)32(29,30)17-8-9-18-19(11-17)31-21(28)24-18/h4-9,11,14H,2-3,10,12H2,1H3,(H,22,26)(H,23,27)(H,24,28)/t14-/m1/s1. The molecule has 0 bridgehead atoms. The van der Waals surface area contributed by atoms with Crippen molar-refractivity contribution < 1.29 is 22.4 Å². The Bertz CT molecular complexity index is 1330. The van der Waals surface area contributed by atoms with Crippen molar-refractivity contribution in [3.05, 3.63) is 53.0 Å². The topological polar surface area (TPSA) is 142 Å². The molecule has 10 nitrogen and oxygen atoms in total. The van der Waals surface area contributed by atoms with Crippen LogP contribution in [0.1, 0.15) is 19.8 Å². The summed E-state index contributed by atoms with van der Waals surface area (Å²) in [5.41, 5.74) is 1.73. The number of hydrogen-bond acceptors (Lipinski definition) is 6. The monoisotopic (exact) mass is 458 g/mol. The molecule has 1 atom stereocenters. The number of piperidine rings is 1. The number of oxazole rings is 1. The molecule has 2 amide bonds. The second-order valence-electron chi connectivity index (χ2n) is 7.62. The molecular formula is C21H22N4O6S. The summed E-state index contributed by atoms with van der Waals surface area (Å²) >= 11 is 0. The zero-order valence-electron chi connectivity index (χ0n) is 17.3. The van der Waals surface area contributed by atoms with E-state index in [0.717, 1.165) is 0 Å². The molecule has 1 aromatic heterocycles. The van der Waals surface area contributed by atoms with Gasteiger partial charge in [0.15, 0.2) is 5.58 Å². The first kappa shape index (κ1) is 21.8. The highest BCUT2D eigenvalue weighted by Crippen LogP contribution is 2.26. The fourth-order valence-corrected chi connectivity index (χ4v) is 5.23. The number of fused-ring (bicyclic) bond motifs is 1. The molecule has 0 radical (unpaired) electrons. The fraction of sp³-hybridized carbons (Fsp3) is 0.286. The third-order valence-corrected chi connectivity index (χ3v) is 7.12. The van der Waals surface area contributed by atoms with Gasteiger partial charge in [0, 0.05) is 37.5 Å². The molecule has 1 aliphatic rings. The Morgan fingerprint density at radius 3 is 2.47 bits per heavy atom. The Balaban J connectivity index is 1.46. The zero-order valence-corrected chi connectivity index (χ0v) is 18.1. The van der Waals surface area contributed by atoms with E-state index >= 15 is 0 Å². The number of H-pyrrole nitrogens is 1. The van der Waals surface area contributed by atoms with Crippen LogP contribution < -0.4 is 16.4 Å². The first-order valence-electron chi connectivity index (χ1n) is 10.0. The SMILES string of the molecule is CC(=O)Nc1ccc(NC(=O)[C@@H]2CCCN(S(=O)(=O)c3ccc4[nH]c(=O)oc4c3)C2)cc1. The van der Waals surface area contributed by atoms with E-state index in [1.54, 1.807) is 24.3 Å². The van der Waals surface area contributed by atoms with Crippen LogP contribution >= 0.6 is 0 Å². The number of carbonyl (C=O) groups is 2. The largest absolute Gasteiger partial charge is 0.417 e. The smallest absolute Gasteiger partial charge is 0.408 e. The Morgan fingerprint density at radius 1 is 1.09 bits per heavy atom. The summed E-state index contributed by atoms with van der Waals surface area (Å²) in [7, 11) is -3.86. The third-order valence-electron chi connectivity index (χ3n) is 5.26. The van der Waals surface area contributed by atoms with Crippen LogP contribution in [0.3, 0.4) is 0 Å². The van der Waals surface area contributed by atoms with Crippen LogP contribution in [0.5, 0.6) is 0 Å². The number of benzene rings is 2. The van der Waals surface area contributed by atoms with Gasteiger partial charge in [0.05, 0.1) is 16.3 Å². The molecule has 0 aliphatic carbocycles. The Morgan fingerprint density at radius 2 is 1.78 bits per heavy atom. The van der Waals surface area contributed by atoms with Gasteiger partial charge in [-0.1, -0.05) is 0 Å². The van der Waals surface area contributed by atoms with Gasteiger partial charge in [-0.3, -0.25) is 14.6 Å². The number of aromatic amines is 1. The van der Waals surface area contributed by atoms with E-state index in [9.17, 15) is 22.8 Å². The van der Waals surface area contributed by atoms with E-state index in [1.807, 2.05) is 0 Å². The average Bonchev–Trinajstić information content (AvgIpc) is 3.14. The maximum atomic E-state index is 13.1. The van der Waals surface area contributed by atoms with Crippen LogP contribution in [0.2, 0.25) is 0 Å². The number of nitrogens with one attached hydrogen (secondary N) is 3. The second kappa shape index (κ2) is 8.60. The van der Waals surface area contributed by atoms with Crippen molar-refractivity contribution in [1.29, 1.82) is 0 Å². The molecule has 3 N–H and O–H groups in total. The average molecular weight is 458 g/mol. The number of rotatable bonds is 5. The number of hydrogen-bond donors (Lipinski definition) is 3. The molecule has 0 saturated carbocycles. The van der Waals surface area contributed by atoms with Gasteiger partial charge in [0.25, 0.3) is 0 Å². The predicted octanol–water partition coefficient (Wildman–Crippen LogP) is 2.12. The summed E-state index contributed by atoms with van der Waals surface area (Å²) in [5, 5.41) is 5.45. The van der Waals surface area contributed by atoms with Gasteiger partial charge in [-0.2, -0.15) is 4.31 Å². The Labute approximate surface area is 183 Å². The maximum absolute atomic E-state index is 13.1. The van der Waals surface area contributed by atoms with Crippen molar-refractivity contribution in [2.24, 2.45) is 5.92 Å². The molecule has 11 heteroatoms. The fourth-order valence-electron chi connectivity index (χ4n) is 3.69. The minimum absolute atomic E-state index is 0.00219. The van der Waals surface area contributed by atoms with Crippen molar-refractivity contribution in [1.82, 2.24) is 9.29 Å². The van der Waals surface area contributed by atoms with E-state index < -0.39 is 21.7 Å². The molecule has 168 valence electrons. The van der Waals surface area contributed by atoms with Crippen molar-refractivity contribution in [2.45, 2.75) is 24.7 Å². The summed E-state index contributed by atoms with van der Waals surface area (Å²) in [6, 6.07) is 10.9. The van der Waals surface area contributed by atoms with Crippen LogP contribution in [-0.4, -0.2) is 42.6 Å². The molecule has 0 spiro atoms. The van der Waals surface area contributed by atoms with Crippen LogP contribution in [-0.2, 0) is 19.6 Å². The third kappa shape index (κ3) is 4.58. The lowest BCUT2D eigenvalue weighted by Gasteiger charge is -2.31. The molecule has 2 heterocycles. The second-order valence-corrected chi connectivity index (χ2v) is 9.56. The van der Waals surface area contributed by atoms with Gasteiger partial charge in [-0.05, 0) is 49.2 Å². The number of aromatic nitrogens is 1. The highest BCUT2D eigenvalue weighted by molar-refractivity contribution is 7.89. The molecule has 4 rings (SSSR count). The van der Waals surface area contributed by atoms with Gasteiger partial charge in [-0.15, -0.1) is 0 Å². The molecule has 1 fully saturated rings. The number of carbonyl (C=O) groups excluding carboxylic acids is 2. The molecule has 3 aromatic rings. The van der Waals surface area contributed by atoms with Gasteiger partial charge in [0.1, 0.15) is 0 Å². The maximum Gasteiger partial charge on any atom is 0.417 e. The lowest BCUT2D eigenvalue weighted by molar-refractivity contribution is -0.121. The minimum atomic E-state index is -3.86. The van der Waals surface area contributed by atoms with E-state index in [2.05, 4.69) is 15.6 Å². The number of sulfonamides is 1. The van der Waals surface area contributed by atoms with E-state index in [4.69, 9.17) is 4.42 Å². The van der Waals surface area contributed by atoms with Crippen LogP contribution in [0, 0.1) is 5.92 Å². The van der Waals surface area contributed by atoms with Crippen molar-refractivity contribution in [2.75, 3.05) is 23.7 Å². The Kier molecular flexibility index (Phi) is 5.85. The van der Waals surface area contributed by atoms with Crippen molar-refractivity contribution in [3.63, 3.8) is 0 Å². The summed E-state index contributed by atoms with van der Waals surface area (Å²) in [6.07, 6.45) is 1.10. The quantitative estimate of drug-likeness (QED) is 0.535. The van der Waals surface area contributed by atoms with Crippen LogP contribution in [0.15, 0.2) is 56.6 Å². The van der Waals surface area contributed by atoms with Gasteiger partial charge in [-0.25, -0.2) is 13.2 Å². The highest BCUT2D eigenvalue weighted by atomic mass is 32.2. The van der Waals surface area contributed by atoms with Crippen molar-refractivity contribution >= 4 is 44.3 Å². The summed E-state index contributed by atoms with van der Waals surface area (Å²) < 4.78 is 32.5. The van der Waals surface area contributed by atoms with Crippen molar-refractivity contribution in [3.8, 4) is 0 Å². The lowest BCUT2D eigenvalue weighted by atomic mass is 9.98. The number of amides is 2. The van der Waals surface area contributed by atoms with Gasteiger partial charge < -0.3 is 15.1 Å². The van der Waals surface area contributed by atoms with Crippen LogP contribution in [0.25, 0.3) is 11.1 Å². The molecule has 32 heavy (non-hydrogen) atoms. The summed E-state index contributed by atoms with van der Waals surface area (Å²) in [4.78, 5) is 37.7. The Hall–Kier alpha value is -3.44.